The van der Waals surface area contributed by atoms with E-state index in [2.05, 4.69) is 10.1 Å². The lowest BCUT2D eigenvalue weighted by Gasteiger charge is -2.01. The van der Waals surface area contributed by atoms with Crippen LogP contribution in [0.3, 0.4) is 0 Å². The summed E-state index contributed by atoms with van der Waals surface area (Å²) >= 11 is 0. The number of rotatable bonds is 5. The second-order valence-corrected chi connectivity index (χ2v) is 4.42. The van der Waals surface area contributed by atoms with E-state index in [1.165, 1.54) is 18.7 Å². The molecule has 0 aromatic heterocycles. The maximum atomic E-state index is 11.5. The predicted molar refractivity (Wildman–Crippen MR) is 74.3 cm³/mol. The highest BCUT2D eigenvalue weighted by atomic mass is 16.5. The predicted octanol–water partition coefficient (Wildman–Crippen LogP) is 1.31. The molecular weight excluding hydrogens is 258 g/mol. The molecule has 1 N–H and O–H groups in total. The molecule has 1 heterocycles. The summed E-state index contributed by atoms with van der Waals surface area (Å²) in [7, 11) is 1.32. The van der Waals surface area contributed by atoms with Gasteiger partial charge in [0.25, 0.3) is 0 Å². The monoisotopic (exact) mass is 275 g/mol. The normalized spacial score (nSPS) is 12.8. The van der Waals surface area contributed by atoms with Crippen LogP contribution in [0.5, 0.6) is 5.75 Å². The standard InChI is InChI=1S/C15H17NO4/c1-19-15(18)6-8-16-14(17)5-3-11-2-4-13-12(10-11)7-9-20-13/h2-5,10H,6-9H2,1H3,(H,16,17)/b5-3+. The van der Waals surface area contributed by atoms with Gasteiger partial charge in [0, 0.05) is 19.0 Å². The minimum atomic E-state index is -0.340. The van der Waals surface area contributed by atoms with Crippen LogP contribution < -0.4 is 10.1 Å². The van der Waals surface area contributed by atoms with E-state index < -0.39 is 0 Å². The first-order valence-corrected chi connectivity index (χ1v) is 6.47. The molecule has 2 rings (SSSR count). The first-order valence-electron chi connectivity index (χ1n) is 6.47. The first kappa shape index (κ1) is 14.1. The Morgan fingerprint density at radius 1 is 1.45 bits per heavy atom. The van der Waals surface area contributed by atoms with E-state index in [0.717, 1.165) is 24.3 Å². The molecule has 0 saturated heterocycles. The molecule has 1 aliphatic heterocycles. The molecule has 0 aliphatic carbocycles. The van der Waals surface area contributed by atoms with Crippen LogP contribution in [0.2, 0.25) is 0 Å². The fourth-order valence-corrected chi connectivity index (χ4v) is 1.93. The van der Waals surface area contributed by atoms with Gasteiger partial charge in [0.05, 0.1) is 20.1 Å². The van der Waals surface area contributed by atoms with Crippen molar-refractivity contribution < 1.29 is 19.1 Å². The Morgan fingerprint density at radius 3 is 3.10 bits per heavy atom. The maximum absolute atomic E-state index is 11.5. The highest BCUT2D eigenvalue weighted by Crippen LogP contribution is 2.26. The Bertz CT molecular complexity index is 537. The highest BCUT2D eigenvalue weighted by Gasteiger charge is 2.11. The molecule has 1 aromatic carbocycles. The van der Waals surface area contributed by atoms with E-state index in [4.69, 9.17) is 4.74 Å². The molecule has 0 radical (unpaired) electrons. The zero-order valence-electron chi connectivity index (χ0n) is 11.3. The van der Waals surface area contributed by atoms with Gasteiger partial charge in [0.15, 0.2) is 0 Å². The Labute approximate surface area is 117 Å². The van der Waals surface area contributed by atoms with Crippen LogP contribution in [0.25, 0.3) is 6.08 Å². The average Bonchev–Trinajstić information content (AvgIpc) is 2.92. The number of carbonyl (C=O) groups excluding carboxylic acids is 2. The van der Waals surface area contributed by atoms with Gasteiger partial charge in [-0.15, -0.1) is 0 Å². The van der Waals surface area contributed by atoms with Crippen LogP contribution in [-0.4, -0.2) is 32.1 Å². The molecule has 5 heteroatoms. The smallest absolute Gasteiger partial charge is 0.307 e. The van der Waals surface area contributed by atoms with E-state index in [0.29, 0.717) is 0 Å². The summed E-state index contributed by atoms with van der Waals surface area (Å²) in [6, 6.07) is 5.83. The summed E-state index contributed by atoms with van der Waals surface area (Å²) < 4.78 is 9.90. The van der Waals surface area contributed by atoms with Crippen molar-refractivity contribution >= 4 is 18.0 Å². The van der Waals surface area contributed by atoms with Crippen molar-refractivity contribution in [1.29, 1.82) is 0 Å². The van der Waals surface area contributed by atoms with Gasteiger partial charge in [0.1, 0.15) is 5.75 Å². The van der Waals surface area contributed by atoms with Crippen molar-refractivity contribution in [1.82, 2.24) is 5.32 Å². The fourth-order valence-electron chi connectivity index (χ4n) is 1.93. The summed E-state index contributed by atoms with van der Waals surface area (Å²) in [6.07, 6.45) is 4.27. The number of benzene rings is 1. The lowest BCUT2D eigenvalue weighted by Crippen LogP contribution is -2.24. The quantitative estimate of drug-likeness (QED) is 0.650. The minimum absolute atomic E-state index is 0.173. The van der Waals surface area contributed by atoms with E-state index in [-0.39, 0.29) is 24.8 Å². The Kier molecular flexibility index (Phi) is 4.76. The van der Waals surface area contributed by atoms with Gasteiger partial charge in [-0.25, -0.2) is 0 Å². The number of esters is 1. The number of carbonyl (C=O) groups is 2. The lowest BCUT2D eigenvalue weighted by atomic mass is 10.1. The van der Waals surface area contributed by atoms with Gasteiger partial charge >= 0.3 is 5.97 Å². The molecule has 106 valence electrons. The van der Waals surface area contributed by atoms with Gasteiger partial charge in [-0.1, -0.05) is 6.07 Å². The first-order chi connectivity index (χ1) is 9.69. The van der Waals surface area contributed by atoms with Crippen LogP contribution >= 0.6 is 0 Å². The van der Waals surface area contributed by atoms with E-state index in [1.807, 2.05) is 18.2 Å². The molecule has 0 bridgehead atoms. The fraction of sp³-hybridized carbons (Fsp3) is 0.333. The Hall–Kier alpha value is -2.30. The van der Waals surface area contributed by atoms with E-state index in [1.54, 1.807) is 6.08 Å². The van der Waals surface area contributed by atoms with Gasteiger partial charge in [0.2, 0.25) is 5.91 Å². The third-order valence-corrected chi connectivity index (χ3v) is 3.00. The van der Waals surface area contributed by atoms with Crippen molar-refractivity contribution in [3.63, 3.8) is 0 Å². The molecule has 20 heavy (non-hydrogen) atoms. The van der Waals surface area contributed by atoms with Crippen molar-refractivity contribution in [2.45, 2.75) is 12.8 Å². The molecule has 1 aromatic rings. The Balaban J connectivity index is 1.83. The molecule has 0 spiro atoms. The summed E-state index contributed by atoms with van der Waals surface area (Å²) in [5.74, 6) is 0.350. The number of amides is 1. The van der Waals surface area contributed by atoms with Crippen molar-refractivity contribution in [3.8, 4) is 5.75 Å². The average molecular weight is 275 g/mol. The largest absolute Gasteiger partial charge is 0.493 e. The topological polar surface area (TPSA) is 64.6 Å². The molecule has 0 unspecified atom stereocenters. The Morgan fingerprint density at radius 2 is 2.30 bits per heavy atom. The zero-order valence-corrected chi connectivity index (χ0v) is 11.3. The van der Waals surface area contributed by atoms with Crippen LogP contribution in [0.15, 0.2) is 24.3 Å². The van der Waals surface area contributed by atoms with Crippen LogP contribution in [0, 0.1) is 0 Å². The second kappa shape index (κ2) is 6.75. The molecular formula is C15H17NO4. The van der Waals surface area contributed by atoms with Crippen LogP contribution in [-0.2, 0) is 20.7 Å². The number of nitrogens with one attached hydrogen (secondary N) is 1. The lowest BCUT2D eigenvalue weighted by molar-refractivity contribution is -0.140. The van der Waals surface area contributed by atoms with Crippen LogP contribution in [0.4, 0.5) is 0 Å². The maximum Gasteiger partial charge on any atom is 0.307 e. The highest BCUT2D eigenvalue weighted by molar-refractivity contribution is 5.91. The molecule has 0 atom stereocenters. The summed E-state index contributed by atoms with van der Waals surface area (Å²) in [6.45, 7) is 0.990. The number of methoxy groups -OCH3 is 1. The number of ether oxygens (including phenoxy) is 2. The third-order valence-electron chi connectivity index (χ3n) is 3.00. The minimum Gasteiger partial charge on any atom is -0.493 e. The van der Waals surface area contributed by atoms with Crippen molar-refractivity contribution in [2.75, 3.05) is 20.3 Å². The second-order valence-electron chi connectivity index (χ2n) is 4.42. The molecule has 5 nitrogen and oxygen atoms in total. The summed E-state index contributed by atoms with van der Waals surface area (Å²) in [5, 5.41) is 2.62. The van der Waals surface area contributed by atoms with Gasteiger partial charge in [-0.05, 0) is 29.3 Å². The molecule has 0 fully saturated rings. The van der Waals surface area contributed by atoms with Crippen molar-refractivity contribution in [3.05, 3.63) is 35.4 Å². The van der Waals surface area contributed by atoms with Crippen LogP contribution in [0.1, 0.15) is 17.5 Å². The SMILES string of the molecule is COC(=O)CCNC(=O)/C=C/c1ccc2c(c1)CCO2. The molecule has 1 aliphatic rings. The van der Waals surface area contributed by atoms with Gasteiger partial charge in [-0.2, -0.15) is 0 Å². The summed E-state index contributed by atoms with van der Waals surface area (Å²) in [5.41, 5.74) is 2.12. The van der Waals surface area contributed by atoms with E-state index in [9.17, 15) is 9.59 Å². The van der Waals surface area contributed by atoms with Gasteiger partial charge in [-0.3, -0.25) is 9.59 Å². The van der Waals surface area contributed by atoms with Gasteiger partial charge < -0.3 is 14.8 Å². The number of hydrogen-bond donors (Lipinski definition) is 1. The summed E-state index contributed by atoms with van der Waals surface area (Å²) in [4.78, 5) is 22.4. The zero-order chi connectivity index (χ0) is 14.4. The molecule has 0 saturated carbocycles. The number of hydrogen-bond acceptors (Lipinski definition) is 4. The third kappa shape index (κ3) is 3.85. The van der Waals surface area contributed by atoms with Crippen molar-refractivity contribution in [2.24, 2.45) is 0 Å². The molecule has 1 amide bonds. The van der Waals surface area contributed by atoms with E-state index >= 15 is 0 Å². The number of fused-ring (bicyclic) bond motifs is 1.